The van der Waals surface area contributed by atoms with Crippen LogP contribution in [0, 0.1) is 0 Å². The van der Waals surface area contributed by atoms with Gasteiger partial charge in [0.1, 0.15) is 0 Å². The lowest BCUT2D eigenvalue weighted by Crippen LogP contribution is -2.22. The minimum atomic E-state index is -4.45. The van der Waals surface area contributed by atoms with Crippen LogP contribution in [0.25, 0.3) is 0 Å². The molecule has 24 heavy (non-hydrogen) atoms. The normalized spacial score (nSPS) is 14.8. The first kappa shape index (κ1) is 18.8. The number of aliphatic imine (C=N–C) groups is 2. The minimum absolute atomic E-state index is 0.00828. The fraction of sp³-hybridized carbons (Fsp3) is 0.231. The summed E-state index contributed by atoms with van der Waals surface area (Å²) in [6, 6.07) is 6.16. The summed E-state index contributed by atoms with van der Waals surface area (Å²) >= 11 is 4.68. The van der Waals surface area contributed by atoms with Gasteiger partial charge in [-0.15, -0.1) is 0 Å². The molecule has 0 spiro atoms. The van der Waals surface area contributed by atoms with Crippen LogP contribution in [0.4, 0.5) is 18.9 Å². The number of carbonyl (C=O) groups excluding carboxylic acids is 1. The summed E-state index contributed by atoms with van der Waals surface area (Å²) < 4.78 is 45.9. The molecule has 1 aromatic carbocycles. The van der Waals surface area contributed by atoms with E-state index >= 15 is 0 Å². The maximum absolute atomic E-state index is 12.2. The maximum Gasteiger partial charge on any atom is 0.412 e. The number of methoxy groups -OCH3 is 1. The van der Waals surface area contributed by atoms with E-state index in [0.29, 0.717) is 11.3 Å². The summed E-state index contributed by atoms with van der Waals surface area (Å²) in [5.74, 6) is -0.479. The van der Waals surface area contributed by atoms with E-state index in [2.05, 4.69) is 24.8 Å². The highest BCUT2D eigenvalue weighted by molar-refractivity contribution is 14.2. The molecule has 0 radical (unpaired) electrons. The van der Waals surface area contributed by atoms with Gasteiger partial charge in [-0.25, -0.2) is 4.79 Å². The monoisotopic (exact) mass is 475 g/mol. The molecule has 0 unspecified atom stereocenters. The van der Waals surface area contributed by atoms with Crippen LogP contribution < -0.4 is 5.32 Å². The summed E-state index contributed by atoms with van der Waals surface area (Å²) in [7, 11) is 1.27. The zero-order valence-electron chi connectivity index (χ0n) is 12.0. The number of halogens is 5. The van der Waals surface area contributed by atoms with Gasteiger partial charge in [-0.05, 0) is 24.3 Å². The molecule has 0 aliphatic carbocycles. The van der Waals surface area contributed by atoms with Crippen molar-refractivity contribution >= 4 is 56.9 Å². The number of benzene rings is 1. The van der Waals surface area contributed by atoms with Crippen LogP contribution in [0.15, 0.2) is 34.3 Å². The Morgan fingerprint density at radius 3 is 2.54 bits per heavy atom. The second-order valence-electron chi connectivity index (χ2n) is 4.23. The molecule has 1 N–H and O–H groups in total. The number of nitrogens with one attached hydrogen (secondary N) is 1. The Hall–Kier alpha value is -1.53. The first-order chi connectivity index (χ1) is 11.3. The topological polar surface area (TPSA) is 72.3 Å². The van der Waals surface area contributed by atoms with E-state index < -0.39 is 39.5 Å². The molecule has 0 aromatic heterocycles. The molecule has 1 aliphatic rings. The minimum Gasteiger partial charge on any atom is -0.465 e. The number of ether oxygens (including phenoxy) is 2. The second-order valence-corrected chi connectivity index (χ2v) is 7.71. The van der Waals surface area contributed by atoms with Gasteiger partial charge in [-0.2, -0.15) is 23.2 Å². The Balaban J connectivity index is 2.07. The number of hydrogen-bond acceptors (Lipinski definition) is 6. The fourth-order valence-corrected chi connectivity index (χ4v) is 3.37. The molecule has 0 saturated heterocycles. The van der Waals surface area contributed by atoms with Gasteiger partial charge in [-0.3, -0.25) is 0 Å². The van der Waals surface area contributed by atoms with Crippen LogP contribution in [-0.4, -0.2) is 38.8 Å². The molecule has 1 heterocycles. The first-order valence-electron chi connectivity index (χ1n) is 6.26. The third kappa shape index (κ3) is 5.83. The molecular formula is C13H10ClF3IN3O3. The summed E-state index contributed by atoms with van der Waals surface area (Å²) in [6.45, 7) is -1.43. The number of nitrogens with zero attached hydrogens (tertiary/aromatic N) is 2. The average molecular weight is 476 g/mol. The van der Waals surface area contributed by atoms with Crippen molar-refractivity contribution in [2.45, 2.75) is 6.18 Å². The molecular weight excluding hydrogens is 466 g/mol. The van der Waals surface area contributed by atoms with Gasteiger partial charge >= 0.3 is 12.1 Å². The van der Waals surface area contributed by atoms with E-state index in [1.807, 2.05) is 0 Å². The van der Waals surface area contributed by atoms with Crippen LogP contribution in [0.3, 0.4) is 0 Å². The molecule has 6 nitrogen and oxygen atoms in total. The zero-order chi connectivity index (χ0) is 17.7. The molecule has 11 heteroatoms. The number of anilines is 1. The van der Waals surface area contributed by atoms with Crippen molar-refractivity contribution in [1.29, 1.82) is 0 Å². The summed E-state index contributed by atoms with van der Waals surface area (Å²) in [5, 5.41) is 2.78. The molecule has 0 bridgehead atoms. The highest BCUT2D eigenvalue weighted by atomic mass is 127. The molecule has 2 rings (SSSR count). The number of hydrogen-bond donors (Lipinski definition) is 1. The molecule has 0 amide bonds. The number of guanidine groups is 1. The Kier molecular flexibility index (Phi) is 6.29. The van der Waals surface area contributed by atoms with Crippen molar-refractivity contribution in [3.05, 3.63) is 29.8 Å². The predicted octanol–water partition coefficient (Wildman–Crippen LogP) is 3.49. The Morgan fingerprint density at radius 1 is 1.29 bits per heavy atom. The number of rotatable bonds is 4. The second kappa shape index (κ2) is 8.03. The number of alkyl halides is 3. The maximum atomic E-state index is 12.2. The van der Waals surface area contributed by atoms with E-state index in [9.17, 15) is 18.0 Å². The van der Waals surface area contributed by atoms with Crippen LogP contribution in [0.2, 0.25) is 0 Å². The molecule has 130 valence electrons. The highest BCUT2D eigenvalue weighted by Gasteiger charge is 2.29. The Bertz CT molecular complexity index is 717. The lowest BCUT2D eigenvalue weighted by Gasteiger charge is -2.12. The third-order valence-corrected chi connectivity index (χ3v) is 4.72. The molecule has 0 atom stereocenters. The van der Waals surface area contributed by atoms with E-state index in [1.165, 1.54) is 19.2 Å². The van der Waals surface area contributed by atoms with Gasteiger partial charge in [0.05, 0.1) is 12.7 Å². The molecule has 1 aliphatic heterocycles. The number of carbonyl (C=O) groups is 1. The lowest BCUT2D eigenvalue weighted by atomic mass is 10.2. The SMILES string of the molecule is COC(=O)c1ccc(NC2=NC(OCC(F)(F)F)=IC(Cl)=N2)cc1. The van der Waals surface area contributed by atoms with Gasteiger partial charge in [-0.1, -0.05) is 11.6 Å². The van der Waals surface area contributed by atoms with Gasteiger partial charge in [0, 0.05) is 26.4 Å². The third-order valence-electron chi connectivity index (χ3n) is 2.46. The Morgan fingerprint density at radius 2 is 1.96 bits per heavy atom. The van der Waals surface area contributed by atoms with E-state index in [1.54, 1.807) is 12.1 Å². The molecule has 1 aromatic rings. The van der Waals surface area contributed by atoms with E-state index in [0.717, 1.165) is 0 Å². The van der Waals surface area contributed by atoms with Crippen molar-refractivity contribution in [2.24, 2.45) is 9.98 Å². The van der Waals surface area contributed by atoms with E-state index in [-0.39, 0.29) is 13.0 Å². The van der Waals surface area contributed by atoms with Crippen molar-refractivity contribution in [2.75, 3.05) is 19.0 Å². The van der Waals surface area contributed by atoms with Gasteiger partial charge in [0.2, 0.25) is 9.78 Å². The van der Waals surface area contributed by atoms with Crippen molar-refractivity contribution < 1.29 is 27.4 Å². The first-order valence-corrected chi connectivity index (χ1v) is 8.80. The van der Waals surface area contributed by atoms with Gasteiger partial charge in [0.15, 0.2) is 9.78 Å². The van der Waals surface area contributed by atoms with Crippen LogP contribution in [0.1, 0.15) is 10.4 Å². The standard InChI is InChI=1S/C13H10ClF3IN3O3/c1-23-9(22)7-2-4-8(5-3-7)19-12-20-10(14)18-11(21-12)24-6-13(15,16)17/h2-5H,6H2,1H3,(H,19,20,21). The lowest BCUT2D eigenvalue weighted by molar-refractivity contribution is -0.155. The highest BCUT2D eigenvalue weighted by Crippen LogP contribution is 2.21. The zero-order valence-corrected chi connectivity index (χ0v) is 14.9. The Labute approximate surface area is 149 Å². The summed E-state index contributed by atoms with van der Waals surface area (Å²) in [5.41, 5.74) is 0.867. The van der Waals surface area contributed by atoms with Crippen LogP contribution in [-0.2, 0) is 9.47 Å². The van der Waals surface area contributed by atoms with Crippen LogP contribution >= 0.6 is 32.3 Å². The van der Waals surface area contributed by atoms with Crippen LogP contribution in [0.5, 0.6) is 0 Å². The quantitative estimate of drug-likeness (QED) is 0.535. The smallest absolute Gasteiger partial charge is 0.412 e. The molecule has 0 fully saturated rings. The largest absolute Gasteiger partial charge is 0.465 e. The average Bonchev–Trinajstić information content (AvgIpc) is 2.52. The fourth-order valence-electron chi connectivity index (χ4n) is 1.49. The number of esters is 1. The summed E-state index contributed by atoms with van der Waals surface area (Å²) in [4.78, 5) is 19.2. The summed E-state index contributed by atoms with van der Waals surface area (Å²) in [6.07, 6.45) is -4.45. The van der Waals surface area contributed by atoms with Gasteiger partial charge in [0.25, 0.3) is 0 Å². The van der Waals surface area contributed by atoms with Gasteiger partial charge < -0.3 is 14.8 Å². The van der Waals surface area contributed by atoms with Crippen molar-refractivity contribution in [1.82, 2.24) is 0 Å². The predicted molar refractivity (Wildman–Crippen MR) is 93.2 cm³/mol. The van der Waals surface area contributed by atoms with Crippen molar-refractivity contribution in [3.63, 3.8) is 0 Å². The van der Waals surface area contributed by atoms with Crippen molar-refractivity contribution in [3.8, 4) is 0 Å². The van der Waals surface area contributed by atoms with E-state index in [4.69, 9.17) is 11.6 Å². The molecule has 0 saturated carbocycles.